The summed E-state index contributed by atoms with van der Waals surface area (Å²) in [6.45, 7) is 17.3. The van der Waals surface area contributed by atoms with Crippen molar-refractivity contribution in [3.8, 4) is 0 Å². The van der Waals surface area contributed by atoms with E-state index in [4.69, 9.17) is 4.74 Å². The quantitative estimate of drug-likeness (QED) is 0.322. The van der Waals surface area contributed by atoms with E-state index in [2.05, 4.69) is 26.3 Å². The molecule has 0 amide bonds. The Bertz CT molecular complexity index is 970. The summed E-state index contributed by atoms with van der Waals surface area (Å²) >= 11 is 0. The molecule has 0 N–H and O–H groups in total. The molecular formula is C25H23F3O. The summed E-state index contributed by atoms with van der Waals surface area (Å²) < 4.78 is 47.1. The highest BCUT2D eigenvalue weighted by molar-refractivity contribution is 5.60. The smallest absolute Gasteiger partial charge is 0.166 e. The fourth-order valence-electron chi connectivity index (χ4n) is 2.32. The molecule has 1 aliphatic rings. The summed E-state index contributed by atoms with van der Waals surface area (Å²) in [4.78, 5) is 0. The molecule has 0 bridgehead atoms. The van der Waals surface area contributed by atoms with Crippen LogP contribution in [0.4, 0.5) is 13.2 Å². The van der Waals surface area contributed by atoms with Gasteiger partial charge in [0.25, 0.3) is 0 Å². The summed E-state index contributed by atoms with van der Waals surface area (Å²) in [5.74, 6) is -2.32. The number of allylic oxidation sites excluding steroid dienone is 8. The van der Waals surface area contributed by atoms with Gasteiger partial charge in [0, 0.05) is 16.7 Å². The third-order valence-electron chi connectivity index (χ3n) is 4.21. The lowest BCUT2D eigenvalue weighted by Crippen LogP contribution is -1.92. The van der Waals surface area contributed by atoms with E-state index < -0.39 is 17.5 Å². The van der Waals surface area contributed by atoms with Gasteiger partial charge in [-0.05, 0) is 29.7 Å². The van der Waals surface area contributed by atoms with Gasteiger partial charge in [-0.15, -0.1) is 0 Å². The van der Waals surface area contributed by atoms with E-state index >= 15 is 0 Å². The van der Waals surface area contributed by atoms with E-state index in [-0.39, 0.29) is 22.8 Å². The fraction of sp³-hybridized carbons (Fsp3) is 0.120. The summed E-state index contributed by atoms with van der Waals surface area (Å²) in [6, 6.07) is 3.00. The van der Waals surface area contributed by atoms with Crippen LogP contribution in [0.15, 0.2) is 96.9 Å². The van der Waals surface area contributed by atoms with Crippen LogP contribution >= 0.6 is 0 Å². The maximum atomic E-state index is 14.1. The molecule has 1 aliphatic heterocycles. The molecule has 0 spiro atoms. The Kier molecular flexibility index (Phi) is 7.57. The molecule has 150 valence electrons. The van der Waals surface area contributed by atoms with E-state index in [0.717, 1.165) is 0 Å². The first-order valence-corrected chi connectivity index (χ1v) is 8.96. The number of benzene rings is 1. The van der Waals surface area contributed by atoms with Gasteiger partial charge in [0.05, 0.1) is 6.61 Å². The molecule has 1 heterocycles. The molecule has 0 saturated carbocycles. The van der Waals surface area contributed by atoms with Crippen molar-refractivity contribution in [3.63, 3.8) is 0 Å². The lowest BCUT2D eigenvalue weighted by atomic mass is 10.0. The van der Waals surface area contributed by atoms with Crippen molar-refractivity contribution >= 4 is 12.2 Å². The maximum absolute atomic E-state index is 14.1. The summed E-state index contributed by atoms with van der Waals surface area (Å²) in [5.41, 5.74) is 1.96. The van der Waals surface area contributed by atoms with Gasteiger partial charge in [-0.1, -0.05) is 74.9 Å². The van der Waals surface area contributed by atoms with Crippen molar-refractivity contribution in [3.05, 3.63) is 120 Å². The standard InChI is InChI=1S/C25H23F3O/c1-6-7-20-12-13-21(25(28)24(20)27)11-9-16(2)8-10-17(3)18(4)14-22(26)19(5)23-15-29-23/h6-14,23H,2-5,15H2,1H3/b7-6+,10-8-,11-9+,22-14+. The SMILES string of the molecule is C=C(/C=C\C(=C)C(=C)/C=C(/F)C(=C)C1CO1)/C=C/c1ccc(/C=C/C)c(F)c1F. The highest BCUT2D eigenvalue weighted by Crippen LogP contribution is 2.27. The van der Waals surface area contributed by atoms with Gasteiger partial charge in [0.15, 0.2) is 11.6 Å². The minimum atomic E-state index is -0.924. The van der Waals surface area contributed by atoms with Crippen LogP contribution in [0.25, 0.3) is 12.2 Å². The molecule has 1 nitrogen and oxygen atoms in total. The van der Waals surface area contributed by atoms with Gasteiger partial charge in [-0.25, -0.2) is 13.2 Å². The topological polar surface area (TPSA) is 12.5 Å². The van der Waals surface area contributed by atoms with Crippen LogP contribution in [-0.2, 0) is 4.74 Å². The van der Waals surface area contributed by atoms with Gasteiger partial charge in [-0.2, -0.15) is 0 Å². The van der Waals surface area contributed by atoms with Gasteiger partial charge in [-0.3, -0.25) is 0 Å². The predicted octanol–water partition coefficient (Wildman–Crippen LogP) is 7.04. The molecule has 0 aliphatic carbocycles. The highest BCUT2D eigenvalue weighted by atomic mass is 19.2. The minimum Gasteiger partial charge on any atom is -0.368 e. The molecule has 0 aromatic heterocycles. The first-order valence-electron chi connectivity index (χ1n) is 8.96. The molecule has 1 atom stereocenters. The molecular weight excluding hydrogens is 373 g/mol. The second-order valence-electron chi connectivity index (χ2n) is 6.50. The van der Waals surface area contributed by atoms with Crippen molar-refractivity contribution < 1.29 is 17.9 Å². The van der Waals surface area contributed by atoms with Crippen molar-refractivity contribution in [1.29, 1.82) is 0 Å². The number of halogens is 3. The first kappa shape index (κ1) is 22.2. The Balaban J connectivity index is 2.00. The normalized spacial score (nSPS) is 16.7. The van der Waals surface area contributed by atoms with Crippen molar-refractivity contribution in [2.24, 2.45) is 0 Å². The molecule has 2 rings (SSSR count). The Morgan fingerprint density at radius 3 is 2.10 bits per heavy atom. The zero-order valence-corrected chi connectivity index (χ0v) is 16.4. The monoisotopic (exact) mass is 396 g/mol. The van der Waals surface area contributed by atoms with Crippen molar-refractivity contribution in [2.75, 3.05) is 6.61 Å². The highest BCUT2D eigenvalue weighted by Gasteiger charge is 2.28. The predicted molar refractivity (Wildman–Crippen MR) is 115 cm³/mol. The van der Waals surface area contributed by atoms with Gasteiger partial charge in [0.1, 0.15) is 11.9 Å². The lowest BCUT2D eigenvalue weighted by Gasteiger charge is -2.03. The zero-order valence-electron chi connectivity index (χ0n) is 16.4. The van der Waals surface area contributed by atoms with E-state index in [9.17, 15) is 13.2 Å². The summed E-state index contributed by atoms with van der Waals surface area (Å²) in [6.07, 6.45) is 10.3. The van der Waals surface area contributed by atoms with Crippen molar-refractivity contribution in [2.45, 2.75) is 13.0 Å². The van der Waals surface area contributed by atoms with Gasteiger partial charge >= 0.3 is 0 Å². The maximum Gasteiger partial charge on any atom is 0.166 e. The van der Waals surface area contributed by atoms with E-state index in [0.29, 0.717) is 23.3 Å². The van der Waals surface area contributed by atoms with E-state index in [1.165, 1.54) is 30.4 Å². The molecule has 1 aromatic rings. The lowest BCUT2D eigenvalue weighted by molar-refractivity contribution is 0.427. The van der Waals surface area contributed by atoms with Crippen LogP contribution in [0.1, 0.15) is 18.1 Å². The Hall–Kier alpha value is -3.11. The molecule has 1 aromatic carbocycles. The van der Waals surface area contributed by atoms with E-state index in [1.54, 1.807) is 31.2 Å². The number of rotatable bonds is 9. The van der Waals surface area contributed by atoms with Crippen LogP contribution in [0.2, 0.25) is 0 Å². The van der Waals surface area contributed by atoms with Gasteiger partial charge < -0.3 is 4.74 Å². The van der Waals surface area contributed by atoms with Crippen LogP contribution in [-0.4, -0.2) is 12.7 Å². The summed E-state index contributed by atoms with van der Waals surface area (Å²) in [5, 5.41) is 0. The Morgan fingerprint density at radius 2 is 1.55 bits per heavy atom. The van der Waals surface area contributed by atoms with Crippen LogP contribution in [0.5, 0.6) is 0 Å². The minimum absolute atomic E-state index is 0.111. The fourth-order valence-corrected chi connectivity index (χ4v) is 2.32. The average Bonchev–Trinajstić information content (AvgIpc) is 3.53. The second kappa shape index (κ2) is 9.89. The number of ether oxygens (including phenoxy) is 1. The molecule has 29 heavy (non-hydrogen) atoms. The molecule has 0 radical (unpaired) electrons. The molecule has 4 heteroatoms. The molecule has 1 saturated heterocycles. The Labute approximate surface area is 169 Å². The van der Waals surface area contributed by atoms with E-state index in [1.807, 2.05) is 0 Å². The van der Waals surface area contributed by atoms with Crippen molar-refractivity contribution in [1.82, 2.24) is 0 Å². The van der Waals surface area contributed by atoms with Crippen LogP contribution < -0.4 is 0 Å². The molecule has 1 fully saturated rings. The zero-order chi connectivity index (χ0) is 21.6. The van der Waals surface area contributed by atoms with Crippen LogP contribution in [0.3, 0.4) is 0 Å². The number of epoxide rings is 1. The first-order chi connectivity index (χ1) is 13.7. The average molecular weight is 396 g/mol. The second-order valence-corrected chi connectivity index (χ2v) is 6.50. The summed E-state index contributed by atoms with van der Waals surface area (Å²) in [7, 11) is 0. The largest absolute Gasteiger partial charge is 0.368 e. The third kappa shape index (κ3) is 6.19. The number of hydrogen-bond donors (Lipinski definition) is 0. The third-order valence-corrected chi connectivity index (χ3v) is 4.21. The number of hydrogen-bond acceptors (Lipinski definition) is 1. The van der Waals surface area contributed by atoms with Gasteiger partial charge in [0.2, 0.25) is 0 Å². The Morgan fingerprint density at radius 1 is 0.966 bits per heavy atom. The molecule has 1 unspecified atom stereocenters. The van der Waals surface area contributed by atoms with Crippen LogP contribution in [0, 0.1) is 11.6 Å².